The predicted octanol–water partition coefficient (Wildman–Crippen LogP) is 0.572. The van der Waals surface area contributed by atoms with Gasteiger partial charge in [0.1, 0.15) is 0 Å². The van der Waals surface area contributed by atoms with E-state index in [1.165, 1.54) is 0 Å². The fourth-order valence-corrected chi connectivity index (χ4v) is 0.487. The molecule has 9 heteroatoms. The smallest absolute Gasteiger partial charge is 0.294 e. The van der Waals surface area contributed by atoms with Gasteiger partial charge in [0.15, 0.2) is 0 Å². The zero-order valence-corrected chi connectivity index (χ0v) is 9.03. The quantitative estimate of drug-likeness (QED) is 0.373. The first-order valence-electron chi connectivity index (χ1n) is 4.70. The fourth-order valence-electron chi connectivity index (χ4n) is 0.487. The average molecular weight is 240 g/mol. The zero-order chi connectivity index (χ0) is 12.8. The third-order valence-corrected chi connectivity index (χ3v) is 1.19. The molecule has 0 aliphatic heterocycles. The summed E-state index contributed by atoms with van der Waals surface area (Å²) in [4.78, 5) is 26.7. The second-order valence-electron chi connectivity index (χ2n) is 2.54. The molecule has 96 valence electrons. The molecule has 0 aromatic heterocycles. The number of rotatable bonds is 8. The molecule has 0 heterocycles. The topological polar surface area (TPSA) is 125 Å². The first kappa shape index (κ1) is 16.8. The minimum Gasteiger partial charge on any atom is -0.396 e. The number of aliphatic hydroxyl groups is 1. The summed E-state index contributed by atoms with van der Waals surface area (Å²) in [5.74, 6) is 0. The molecule has 0 unspecified atom stereocenters. The second-order valence-corrected chi connectivity index (χ2v) is 2.54. The van der Waals surface area contributed by atoms with Crippen molar-refractivity contribution < 1.29 is 25.0 Å². The van der Waals surface area contributed by atoms with E-state index in [0.29, 0.717) is 6.42 Å². The van der Waals surface area contributed by atoms with Crippen molar-refractivity contribution in [3.8, 4) is 0 Å². The van der Waals surface area contributed by atoms with E-state index in [4.69, 9.17) is 5.11 Å². The molecule has 0 fully saturated rings. The van der Waals surface area contributed by atoms with Crippen LogP contribution in [0.5, 0.6) is 0 Å². The third kappa shape index (κ3) is 22.8. The summed E-state index contributed by atoms with van der Waals surface area (Å²) in [5, 5.41) is 25.3. The Morgan fingerprint density at radius 1 is 1.06 bits per heavy atom. The fraction of sp³-hybridized carbons (Fsp3) is 1.00. The maximum atomic E-state index is 9.46. The van der Waals surface area contributed by atoms with Gasteiger partial charge in [-0.05, 0) is 12.8 Å². The van der Waals surface area contributed by atoms with Crippen molar-refractivity contribution in [2.24, 2.45) is 0 Å². The Hall–Kier alpha value is -1.64. The van der Waals surface area contributed by atoms with E-state index in [2.05, 4.69) is 9.68 Å². The molecule has 0 atom stereocenters. The molecule has 0 saturated carbocycles. The molecule has 16 heavy (non-hydrogen) atoms. The Morgan fingerprint density at radius 3 is 1.81 bits per heavy atom. The van der Waals surface area contributed by atoms with E-state index in [1.54, 1.807) is 0 Å². The molecule has 0 bridgehead atoms. The molecule has 1 N–H and O–H groups in total. The molecule has 0 rings (SSSR count). The lowest BCUT2D eigenvalue weighted by molar-refractivity contribution is -0.757. The molecular weight excluding hydrogens is 224 g/mol. The molecule has 9 nitrogen and oxygen atoms in total. The van der Waals surface area contributed by atoms with E-state index in [-0.39, 0.29) is 19.8 Å². The molecule has 0 aliphatic carbocycles. The Balaban J connectivity index is 0. The highest BCUT2D eigenvalue weighted by Gasteiger charge is 1.91. The summed E-state index contributed by atoms with van der Waals surface area (Å²) in [6.07, 6.45) is 1.98. The second kappa shape index (κ2) is 13.4. The summed E-state index contributed by atoms with van der Waals surface area (Å²) in [6.45, 7) is 2.07. The van der Waals surface area contributed by atoms with Crippen molar-refractivity contribution in [2.45, 2.75) is 26.2 Å². The van der Waals surface area contributed by atoms with Crippen LogP contribution >= 0.6 is 0 Å². The van der Waals surface area contributed by atoms with Gasteiger partial charge >= 0.3 is 0 Å². The summed E-state index contributed by atoms with van der Waals surface area (Å²) < 4.78 is 0. The van der Waals surface area contributed by atoms with Crippen molar-refractivity contribution in [2.75, 3.05) is 19.8 Å². The van der Waals surface area contributed by atoms with Crippen molar-refractivity contribution in [3.63, 3.8) is 0 Å². The van der Waals surface area contributed by atoms with Gasteiger partial charge in [0.25, 0.3) is 10.2 Å². The van der Waals surface area contributed by atoms with Crippen LogP contribution in [0, 0.1) is 20.2 Å². The van der Waals surface area contributed by atoms with Crippen LogP contribution in [-0.2, 0) is 9.68 Å². The monoisotopic (exact) mass is 240 g/mol. The Bertz CT molecular complexity index is 168. The maximum absolute atomic E-state index is 9.46. The van der Waals surface area contributed by atoms with Gasteiger partial charge < -0.3 is 14.8 Å². The van der Waals surface area contributed by atoms with Crippen molar-refractivity contribution in [1.29, 1.82) is 0 Å². The van der Waals surface area contributed by atoms with Crippen LogP contribution in [0.2, 0.25) is 0 Å². The zero-order valence-electron chi connectivity index (χ0n) is 9.03. The molecule has 0 spiro atoms. The van der Waals surface area contributed by atoms with Gasteiger partial charge in [0.2, 0.25) is 0 Å². The van der Waals surface area contributed by atoms with Crippen LogP contribution in [0.3, 0.4) is 0 Å². The molecule has 0 aliphatic rings. The highest BCUT2D eigenvalue weighted by molar-refractivity contribution is 4.25. The van der Waals surface area contributed by atoms with Crippen molar-refractivity contribution in [3.05, 3.63) is 20.2 Å². The van der Waals surface area contributed by atoms with E-state index in [0.717, 1.165) is 12.8 Å². The van der Waals surface area contributed by atoms with Gasteiger partial charge in [0, 0.05) is 6.61 Å². The lowest BCUT2D eigenvalue weighted by Gasteiger charge is -1.92. The average Bonchev–Trinajstić information content (AvgIpc) is 2.18. The van der Waals surface area contributed by atoms with Gasteiger partial charge in [-0.3, -0.25) is 0 Å². The SMILES string of the molecule is CCCCO[N+](=O)[O-].O=[N+]([O-])OCCCO. The van der Waals surface area contributed by atoms with Gasteiger partial charge in [-0.15, -0.1) is 20.2 Å². The van der Waals surface area contributed by atoms with Gasteiger partial charge in [-0.1, -0.05) is 13.3 Å². The number of aliphatic hydroxyl groups excluding tert-OH is 1. The first-order chi connectivity index (χ1) is 7.54. The Kier molecular flexibility index (Phi) is 14.0. The highest BCUT2D eigenvalue weighted by atomic mass is 17.0. The van der Waals surface area contributed by atoms with Gasteiger partial charge in [0.05, 0.1) is 13.2 Å². The Morgan fingerprint density at radius 2 is 1.50 bits per heavy atom. The summed E-state index contributed by atoms with van der Waals surface area (Å²) in [7, 11) is 0. The molecule has 0 aromatic rings. The van der Waals surface area contributed by atoms with Crippen molar-refractivity contribution >= 4 is 0 Å². The van der Waals surface area contributed by atoms with E-state index in [1.807, 2.05) is 6.92 Å². The number of nitrogens with zero attached hydrogens (tertiary/aromatic N) is 2. The highest BCUT2D eigenvalue weighted by Crippen LogP contribution is 1.86. The predicted molar refractivity (Wildman–Crippen MR) is 52.5 cm³/mol. The maximum Gasteiger partial charge on any atom is 0.294 e. The van der Waals surface area contributed by atoms with Crippen LogP contribution in [0.4, 0.5) is 0 Å². The molecule has 0 saturated heterocycles. The standard InChI is InChI=1S/C4H9NO3.C3H7NO4/c1-2-3-4-8-5(6)7;5-2-1-3-8-4(6)7/h2-4H2,1H3;5H,1-3H2. The molecular formula is C7H16N2O7. The van der Waals surface area contributed by atoms with Crippen LogP contribution in [-0.4, -0.2) is 35.1 Å². The lowest BCUT2D eigenvalue weighted by Crippen LogP contribution is -2.03. The number of hydrogen-bond donors (Lipinski definition) is 1. The van der Waals surface area contributed by atoms with Crippen LogP contribution in [0.25, 0.3) is 0 Å². The minimum absolute atomic E-state index is 0.0243. The lowest BCUT2D eigenvalue weighted by atomic mass is 10.4. The minimum atomic E-state index is -0.879. The third-order valence-electron chi connectivity index (χ3n) is 1.19. The number of unbranched alkanes of at least 4 members (excludes halogenated alkanes) is 1. The summed E-state index contributed by atoms with van der Waals surface area (Å²) in [6, 6.07) is 0. The van der Waals surface area contributed by atoms with Gasteiger partial charge in [-0.2, -0.15) is 0 Å². The normalized spacial score (nSPS) is 8.62. The summed E-state index contributed by atoms with van der Waals surface area (Å²) >= 11 is 0. The van der Waals surface area contributed by atoms with Crippen LogP contribution < -0.4 is 0 Å². The van der Waals surface area contributed by atoms with Crippen molar-refractivity contribution in [1.82, 2.24) is 0 Å². The van der Waals surface area contributed by atoms with E-state index in [9.17, 15) is 20.2 Å². The first-order valence-corrected chi connectivity index (χ1v) is 4.70. The number of hydrogen-bond acceptors (Lipinski definition) is 7. The largest absolute Gasteiger partial charge is 0.396 e. The van der Waals surface area contributed by atoms with Crippen LogP contribution in [0.15, 0.2) is 0 Å². The Labute approximate surface area is 92.2 Å². The van der Waals surface area contributed by atoms with E-state index < -0.39 is 10.2 Å². The van der Waals surface area contributed by atoms with Gasteiger partial charge in [-0.25, -0.2) is 0 Å². The molecule has 0 aromatic carbocycles. The molecule has 0 radical (unpaired) electrons. The molecule has 0 amide bonds. The van der Waals surface area contributed by atoms with Crippen LogP contribution in [0.1, 0.15) is 26.2 Å². The van der Waals surface area contributed by atoms with E-state index >= 15 is 0 Å². The summed E-state index contributed by atoms with van der Waals surface area (Å²) in [5.41, 5.74) is 0.